The van der Waals surface area contributed by atoms with Crippen molar-refractivity contribution in [3.63, 3.8) is 0 Å². The molecule has 0 bridgehead atoms. The Labute approximate surface area is 112 Å². The normalized spacial score (nSPS) is 16.0. The van der Waals surface area contributed by atoms with Gasteiger partial charge < -0.3 is 18.2 Å². The first-order chi connectivity index (χ1) is 8.65. The Balaban J connectivity index is 2.22. The number of hydrogen-bond donors (Lipinski definition) is 0. The van der Waals surface area contributed by atoms with Crippen molar-refractivity contribution < 1.29 is 13.3 Å². The first-order valence-corrected chi connectivity index (χ1v) is 8.32. The molecule has 0 radical (unpaired) electrons. The van der Waals surface area contributed by atoms with Gasteiger partial charge in [-0.15, -0.1) is 0 Å². The Morgan fingerprint density at radius 1 is 1.17 bits per heavy atom. The molecule has 0 unspecified atom stereocenters. The maximum absolute atomic E-state index is 5.40. The van der Waals surface area contributed by atoms with Gasteiger partial charge in [0, 0.05) is 40.5 Å². The molecule has 0 fully saturated rings. The molecule has 5 heteroatoms. The van der Waals surface area contributed by atoms with Gasteiger partial charge in [0.1, 0.15) is 0 Å². The minimum absolute atomic E-state index is 0.878. The molecule has 4 nitrogen and oxygen atoms in total. The molecule has 0 saturated heterocycles. The molecule has 0 aromatic rings. The number of rotatable bonds is 8. The quantitative estimate of drug-likeness (QED) is 0.501. The fourth-order valence-corrected chi connectivity index (χ4v) is 3.92. The fourth-order valence-electron chi connectivity index (χ4n) is 2.12. The maximum Gasteiger partial charge on any atom is 0.500 e. The molecule has 1 aliphatic heterocycles. The second kappa shape index (κ2) is 7.73. The first-order valence-electron chi connectivity index (χ1n) is 6.39. The standard InChI is InChI=1S/C13H25NO3Si/c1-13-8-7-10-14(12-13)9-5-6-11-18(15-2,16-3)17-4/h7-8,10H,5-6,9,11-12H2,1-4H3. The number of unbranched alkanes of at least 4 members (excludes halogenated alkanes) is 1. The predicted molar refractivity (Wildman–Crippen MR) is 75.3 cm³/mol. The lowest BCUT2D eigenvalue weighted by Crippen LogP contribution is -2.42. The zero-order valence-electron chi connectivity index (χ0n) is 11.9. The van der Waals surface area contributed by atoms with Crippen LogP contribution < -0.4 is 0 Å². The summed E-state index contributed by atoms with van der Waals surface area (Å²) < 4.78 is 16.2. The van der Waals surface area contributed by atoms with Crippen molar-refractivity contribution in [1.29, 1.82) is 0 Å². The Morgan fingerprint density at radius 3 is 2.39 bits per heavy atom. The molecule has 0 saturated carbocycles. The SMILES string of the molecule is CO[Si](CCCCN1C=CC=C(C)C1)(OC)OC. The van der Waals surface area contributed by atoms with Gasteiger partial charge in [-0.25, -0.2) is 0 Å². The van der Waals surface area contributed by atoms with Crippen LogP contribution in [0.25, 0.3) is 0 Å². The van der Waals surface area contributed by atoms with Crippen LogP contribution in [0.4, 0.5) is 0 Å². The van der Waals surface area contributed by atoms with Gasteiger partial charge in [0.25, 0.3) is 0 Å². The van der Waals surface area contributed by atoms with E-state index in [2.05, 4.69) is 30.2 Å². The van der Waals surface area contributed by atoms with Gasteiger partial charge in [-0.2, -0.15) is 0 Å². The summed E-state index contributed by atoms with van der Waals surface area (Å²) in [4.78, 5) is 2.34. The lowest BCUT2D eigenvalue weighted by molar-refractivity contribution is 0.122. The van der Waals surface area contributed by atoms with E-state index in [9.17, 15) is 0 Å². The lowest BCUT2D eigenvalue weighted by Gasteiger charge is -2.26. The average Bonchev–Trinajstić information content (AvgIpc) is 2.40. The van der Waals surface area contributed by atoms with Gasteiger partial charge in [-0.3, -0.25) is 0 Å². The van der Waals surface area contributed by atoms with Crippen LogP contribution in [0, 0.1) is 0 Å². The van der Waals surface area contributed by atoms with E-state index in [-0.39, 0.29) is 0 Å². The topological polar surface area (TPSA) is 30.9 Å². The molecule has 1 heterocycles. The zero-order chi connectivity index (χ0) is 13.4. The molecule has 0 N–H and O–H groups in total. The molecule has 1 rings (SSSR count). The van der Waals surface area contributed by atoms with E-state index in [0.717, 1.165) is 32.0 Å². The fraction of sp³-hybridized carbons (Fsp3) is 0.692. The van der Waals surface area contributed by atoms with Gasteiger partial charge in [0.15, 0.2) is 0 Å². The van der Waals surface area contributed by atoms with Crippen molar-refractivity contribution >= 4 is 8.80 Å². The third-order valence-electron chi connectivity index (χ3n) is 3.24. The van der Waals surface area contributed by atoms with Crippen LogP contribution in [0.1, 0.15) is 19.8 Å². The highest BCUT2D eigenvalue weighted by atomic mass is 28.4. The minimum atomic E-state index is -2.37. The summed E-state index contributed by atoms with van der Waals surface area (Å²) in [6.45, 7) is 4.27. The molecule has 104 valence electrons. The third kappa shape index (κ3) is 4.57. The van der Waals surface area contributed by atoms with E-state index in [0.29, 0.717) is 0 Å². The van der Waals surface area contributed by atoms with Crippen molar-refractivity contribution in [2.45, 2.75) is 25.8 Å². The minimum Gasteiger partial charge on any atom is -0.377 e. The van der Waals surface area contributed by atoms with Crippen molar-refractivity contribution in [1.82, 2.24) is 4.90 Å². The summed E-state index contributed by atoms with van der Waals surface area (Å²) in [5, 5.41) is 0. The second-order valence-corrected chi connectivity index (χ2v) is 7.67. The van der Waals surface area contributed by atoms with Gasteiger partial charge >= 0.3 is 8.80 Å². The molecular weight excluding hydrogens is 246 g/mol. The van der Waals surface area contributed by atoms with E-state index in [4.69, 9.17) is 13.3 Å². The highest BCUT2D eigenvalue weighted by Gasteiger charge is 2.36. The van der Waals surface area contributed by atoms with Crippen LogP contribution in [0.2, 0.25) is 6.04 Å². The molecule has 0 amide bonds. The summed E-state index contributed by atoms with van der Waals surface area (Å²) in [5.74, 6) is 0. The molecule has 0 aliphatic carbocycles. The zero-order valence-corrected chi connectivity index (χ0v) is 12.9. The molecule has 0 atom stereocenters. The van der Waals surface area contributed by atoms with Gasteiger partial charge in [0.05, 0.1) is 0 Å². The molecule has 18 heavy (non-hydrogen) atoms. The third-order valence-corrected chi connectivity index (χ3v) is 6.07. The highest BCUT2D eigenvalue weighted by molar-refractivity contribution is 6.60. The first kappa shape index (κ1) is 15.4. The van der Waals surface area contributed by atoms with Crippen LogP contribution in [-0.4, -0.2) is 48.1 Å². The van der Waals surface area contributed by atoms with E-state index in [1.165, 1.54) is 5.57 Å². The Morgan fingerprint density at radius 2 is 1.83 bits per heavy atom. The average molecular weight is 271 g/mol. The van der Waals surface area contributed by atoms with Crippen molar-refractivity contribution in [3.05, 3.63) is 23.9 Å². The Bertz CT molecular complexity index is 292. The number of allylic oxidation sites excluding steroid dienone is 2. The van der Waals surface area contributed by atoms with Gasteiger partial charge in [-0.05, 0) is 32.0 Å². The summed E-state index contributed by atoms with van der Waals surface area (Å²) >= 11 is 0. The van der Waals surface area contributed by atoms with Crippen LogP contribution >= 0.6 is 0 Å². The number of nitrogens with zero attached hydrogens (tertiary/aromatic N) is 1. The summed E-state index contributed by atoms with van der Waals surface area (Å²) in [6, 6.07) is 0.878. The lowest BCUT2D eigenvalue weighted by atomic mass is 10.2. The van der Waals surface area contributed by atoms with E-state index in [1.54, 1.807) is 21.3 Å². The van der Waals surface area contributed by atoms with Crippen LogP contribution in [0.3, 0.4) is 0 Å². The van der Waals surface area contributed by atoms with E-state index >= 15 is 0 Å². The van der Waals surface area contributed by atoms with Crippen molar-refractivity contribution in [2.75, 3.05) is 34.4 Å². The van der Waals surface area contributed by atoms with Crippen molar-refractivity contribution in [2.24, 2.45) is 0 Å². The van der Waals surface area contributed by atoms with Gasteiger partial charge in [0.2, 0.25) is 0 Å². The highest BCUT2D eigenvalue weighted by Crippen LogP contribution is 2.17. The molecular formula is C13H25NO3Si. The Kier molecular flexibility index (Phi) is 6.63. The summed E-state index contributed by atoms with van der Waals surface area (Å²) in [6.07, 6.45) is 8.62. The molecule has 0 aromatic heterocycles. The maximum atomic E-state index is 5.40. The molecule has 0 spiro atoms. The van der Waals surface area contributed by atoms with Crippen molar-refractivity contribution in [3.8, 4) is 0 Å². The van der Waals surface area contributed by atoms with Crippen LogP contribution in [0.15, 0.2) is 23.9 Å². The van der Waals surface area contributed by atoms with E-state index < -0.39 is 8.80 Å². The monoisotopic (exact) mass is 271 g/mol. The Hall–Kier alpha value is -0.623. The molecule has 0 aromatic carbocycles. The number of hydrogen-bond acceptors (Lipinski definition) is 4. The van der Waals surface area contributed by atoms with Crippen LogP contribution in [-0.2, 0) is 13.3 Å². The summed E-state index contributed by atoms with van der Waals surface area (Å²) in [5.41, 5.74) is 1.41. The smallest absolute Gasteiger partial charge is 0.377 e. The van der Waals surface area contributed by atoms with Gasteiger partial charge in [-0.1, -0.05) is 11.6 Å². The second-order valence-electron chi connectivity index (χ2n) is 4.58. The van der Waals surface area contributed by atoms with E-state index in [1.807, 2.05) is 0 Å². The summed E-state index contributed by atoms with van der Waals surface area (Å²) in [7, 11) is 2.64. The predicted octanol–water partition coefficient (Wildman–Crippen LogP) is 2.42. The molecule has 1 aliphatic rings. The largest absolute Gasteiger partial charge is 0.500 e. The van der Waals surface area contributed by atoms with Crippen LogP contribution in [0.5, 0.6) is 0 Å².